The number of urea groups is 1. The second kappa shape index (κ2) is 5.51. The summed E-state index contributed by atoms with van der Waals surface area (Å²) in [6, 6.07) is 3.46. The highest BCUT2D eigenvalue weighted by atomic mass is 16.3. The number of aryl methyl sites for hydroxylation is 2. The molecule has 1 heterocycles. The summed E-state index contributed by atoms with van der Waals surface area (Å²) in [6.07, 6.45) is 2.14. The van der Waals surface area contributed by atoms with Crippen LogP contribution in [0.5, 0.6) is 5.75 Å². The SMILES string of the molecule is Cc1cc(NC(=O)N2CCC(C)CC2)c(C)cc1O. The average molecular weight is 262 g/mol. The molecule has 0 bridgehead atoms. The first-order valence-corrected chi connectivity index (χ1v) is 6.83. The number of carbonyl (C=O) groups excluding carboxylic acids is 1. The number of carbonyl (C=O) groups is 1. The maximum atomic E-state index is 12.2. The van der Waals surface area contributed by atoms with Crippen LogP contribution < -0.4 is 5.32 Å². The number of likely N-dealkylation sites (tertiary alicyclic amines) is 1. The highest BCUT2D eigenvalue weighted by molar-refractivity contribution is 5.90. The Morgan fingerprint density at radius 3 is 2.53 bits per heavy atom. The highest BCUT2D eigenvalue weighted by Gasteiger charge is 2.20. The molecule has 1 aromatic rings. The zero-order valence-electron chi connectivity index (χ0n) is 11.9. The van der Waals surface area contributed by atoms with Crippen molar-refractivity contribution in [3.8, 4) is 5.75 Å². The minimum atomic E-state index is -0.0416. The minimum Gasteiger partial charge on any atom is -0.508 e. The van der Waals surface area contributed by atoms with Crippen molar-refractivity contribution in [3.05, 3.63) is 23.3 Å². The predicted octanol–water partition coefficient (Wildman–Crippen LogP) is 3.27. The van der Waals surface area contributed by atoms with Gasteiger partial charge in [-0.1, -0.05) is 6.92 Å². The molecule has 2 rings (SSSR count). The van der Waals surface area contributed by atoms with Gasteiger partial charge in [0.15, 0.2) is 0 Å². The Morgan fingerprint density at radius 2 is 1.89 bits per heavy atom. The van der Waals surface area contributed by atoms with Crippen LogP contribution in [0.4, 0.5) is 10.5 Å². The van der Waals surface area contributed by atoms with E-state index in [2.05, 4.69) is 12.2 Å². The van der Waals surface area contributed by atoms with E-state index in [0.717, 1.165) is 42.7 Å². The molecule has 0 atom stereocenters. The number of nitrogens with one attached hydrogen (secondary N) is 1. The van der Waals surface area contributed by atoms with Crippen LogP contribution in [0.3, 0.4) is 0 Å². The van der Waals surface area contributed by atoms with E-state index >= 15 is 0 Å². The summed E-state index contributed by atoms with van der Waals surface area (Å²) in [5.41, 5.74) is 2.42. The first kappa shape index (κ1) is 13.7. The summed E-state index contributed by atoms with van der Waals surface area (Å²) in [7, 11) is 0. The Hall–Kier alpha value is -1.71. The van der Waals surface area contributed by atoms with E-state index in [1.165, 1.54) is 0 Å². The van der Waals surface area contributed by atoms with E-state index in [1.54, 1.807) is 6.07 Å². The van der Waals surface area contributed by atoms with Crippen molar-refractivity contribution in [2.24, 2.45) is 5.92 Å². The zero-order chi connectivity index (χ0) is 14.0. The van der Waals surface area contributed by atoms with Gasteiger partial charge in [0, 0.05) is 18.8 Å². The lowest BCUT2D eigenvalue weighted by Gasteiger charge is -2.30. The van der Waals surface area contributed by atoms with Gasteiger partial charge in [-0.15, -0.1) is 0 Å². The number of piperidine rings is 1. The van der Waals surface area contributed by atoms with Crippen molar-refractivity contribution in [2.45, 2.75) is 33.6 Å². The minimum absolute atomic E-state index is 0.0416. The van der Waals surface area contributed by atoms with Crippen molar-refractivity contribution < 1.29 is 9.90 Å². The monoisotopic (exact) mass is 262 g/mol. The second-order valence-corrected chi connectivity index (χ2v) is 5.55. The van der Waals surface area contributed by atoms with Crippen LogP contribution in [0.1, 0.15) is 30.9 Å². The van der Waals surface area contributed by atoms with E-state index in [4.69, 9.17) is 0 Å². The molecule has 2 N–H and O–H groups in total. The second-order valence-electron chi connectivity index (χ2n) is 5.55. The largest absolute Gasteiger partial charge is 0.508 e. The number of anilines is 1. The summed E-state index contributed by atoms with van der Waals surface area (Å²) >= 11 is 0. The molecule has 0 saturated carbocycles. The van der Waals surface area contributed by atoms with Crippen LogP contribution in [0.2, 0.25) is 0 Å². The van der Waals surface area contributed by atoms with Crippen molar-refractivity contribution >= 4 is 11.7 Å². The van der Waals surface area contributed by atoms with Gasteiger partial charge < -0.3 is 15.3 Å². The average Bonchev–Trinajstić information content (AvgIpc) is 2.36. The fourth-order valence-electron chi connectivity index (χ4n) is 2.34. The van der Waals surface area contributed by atoms with E-state index in [0.29, 0.717) is 5.92 Å². The van der Waals surface area contributed by atoms with Crippen LogP contribution in [-0.2, 0) is 0 Å². The van der Waals surface area contributed by atoms with Gasteiger partial charge in [-0.2, -0.15) is 0 Å². The Labute approximate surface area is 114 Å². The molecule has 0 aromatic heterocycles. The lowest BCUT2D eigenvalue weighted by molar-refractivity contribution is 0.186. The molecule has 104 valence electrons. The quantitative estimate of drug-likeness (QED) is 0.763. The Bertz CT molecular complexity index is 477. The number of rotatable bonds is 1. The van der Waals surface area contributed by atoms with E-state index < -0.39 is 0 Å². The maximum Gasteiger partial charge on any atom is 0.321 e. The van der Waals surface area contributed by atoms with Crippen LogP contribution >= 0.6 is 0 Å². The molecule has 1 aliphatic heterocycles. The normalized spacial score (nSPS) is 16.5. The smallest absolute Gasteiger partial charge is 0.321 e. The molecule has 1 fully saturated rings. The standard InChI is InChI=1S/C15H22N2O2/c1-10-4-6-17(7-5-10)15(19)16-13-8-12(3)14(18)9-11(13)2/h8-10,18H,4-7H2,1-3H3,(H,16,19). The number of amides is 2. The molecule has 4 nitrogen and oxygen atoms in total. The molecule has 2 amide bonds. The maximum absolute atomic E-state index is 12.2. The van der Waals surface area contributed by atoms with Crippen molar-refractivity contribution in [1.29, 1.82) is 0 Å². The summed E-state index contributed by atoms with van der Waals surface area (Å²) in [4.78, 5) is 14.0. The third kappa shape index (κ3) is 3.19. The lowest BCUT2D eigenvalue weighted by Crippen LogP contribution is -2.40. The fourth-order valence-corrected chi connectivity index (χ4v) is 2.34. The molecule has 0 radical (unpaired) electrons. The Kier molecular flexibility index (Phi) is 3.98. The number of benzene rings is 1. The number of hydrogen-bond donors (Lipinski definition) is 2. The van der Waals surface area contributed by atoms with Crippen LogP contribution in [-0.4, -0.2) is 29.1 Å². The van der Waals surface area contributed by atoms with Gasteiger partial charge in [0.2, 0.25) is 0 Å². The molecule has 1 saturated heterocycles. The van der Waals surface area contributed by atoms with Crippen molar-refractivity contribution in [1.82, 2.24) is 4.90 Å². The molecule has 0 aliphatic carbocycles. The van der Waals surface area contributed by atoms with Gasteiger partial charge in [0.25, 0.3) is 0 Å². The van der Waals surface area contributed by atoms with Crippen molar-refractivity contribution in [2.75, 3.05) is 18.4 Å². The number of phenolic OH excluding ortho intramolecular Hbond substituents is 1. The Balaban J connectivity index is 2.05. The number of hydrogen-bond acceptors (Lipinski definition) is 2. The summed E-state index contributed by atoms with van der Waals surface area (Å²) < 4.78 is 0. The number of nitrogens with zero attached hydrogens (tertiary/aromatic N) is 1. The summed E-state index contributed by atoms with van der Waals surface area (Å²) in [6.45, 7) is 7.58. The highest BCUT2D eigenvalue weighted by Crippen LogP contribution is 2.25. The van der Waals surface area contributed by atoms with E-state index in [9.17, 15) is 9.90 Å². The molecule has 0 spiro atoms. The van der Waals surface area contributed by atoms with Gasteiger partial charge in [0.1, 0.15) is 5.75 Å². The molecular weight excluding hydrogens is 240 g/mol. The van der Waals surface area contributed by atoms with Gasteiger partial charge in [-0.05, 0) is 55.9 Å². The van der Waals surface area contributed by atoms with Crippen LogP contribution in [0.15, 0.2) is 12.1 Å². The molecular formula is C15H22N2O2. The lowest BCUT2D eigenvalue weighted by atomic mass is 10.00. The van der Waals surface area contributed by atoms with Gasteiger partial charge >= 0.3 is 6.03 Å². The molecule has 1 aliphatic rings. The molecule has 19 heavy (non-hydrogen) atoms. The summed E-state index contributed by atoms with van der Waals surface area (Å²) in [5, 5.41) is 12.6. The third-order valence-corrected chi connectivity index (χ3v) is 3.86. The molecule has 1 aromatic carbocycles. The zero-order valence-corrected chi connectivity index (χ0v) is 11.9. The molecule has 4 heteroatoms. The summed E-state index contributed by atoms with van der Waals surface area (Å²) in [5.74, 6) is 0.976. The molecule has 0 unspecified atom stereocenters. The van der Waals surface area contributed by atoms with Gasteiger partial charge in [-0.25, -0.2) is 4.79 Å². The fraction of sp³-hybridized carbons (Fsp3) is 0.533. The van der Waals surface area contributed by atoms with Crippen molar-refractivity contribution in [3.63, 3.8) is 0 Å². The van der Waals surface area contributed by atoms with Gasteiger partial charge in [-0.3, -0.25) is 0 Å². The number of aromatic hydroxyl groups is 1. The number of phenols is 1. The first-order valence-electron chi connectivity index (χ1n) is 6.83. The van der Waals surface area contributed by atoms with Gasteiger partial charge in [0.05, 0.1) is 0 Å². The van der Waals surface area contributed by atoms with Crippen LogP contribution in [0.25, 0.3) is 0 Å². The first-order chi connectivity index (χ1) is 8.97. The third-order valence-electron chi connectivity index (χ3n) is 3.86. The van der Waals surface area contributed by atoms with E-state index in [1.807, 2.05) is 24.8 Å². The Morgan fingerprint density at radius 1 is 1.26 bits per heavy atom. The predicted molar refractivity (Wildman–Crippen MR) is 76.6 cm³/mol. The van der Waals surface area contributed by atoms with E-state index in [-0.39, 0.29) is 11.8 Å². The topological polar surface area (TPSA) is 52.6 Å². The van der Waals surface area contributed by atoms with Crippen LogP contribution in [0, 0.1) is 19.8 Å².